The van der Waals surface area contributed by atoms with Gasteiger partial charge in [-0.25, -0.2) is 4.57 Å². The Morgan fingerprint density at radius 1 is 1.06 bits per heavy atom. The van der Waals surface area contributed by atoms with Gasteiger partial charge in [0.2, 0.25) is 5.91 Å². The van der Waals surface area contributed by atoms with Gasteiger partial charge < -0.3 is 14.7 Å². The van der Waals surface area contributed by atoms with Crippen LogP contribution in [0.1, 0.15) is 78.1 Å². The average molecular weight is 493 g/mol. The SMILES string of the molecule is CCCCCCCCCCCCNC(=O)C(C)(CN=[N+]=[N-])COP(=O)(O)OCC[N+](C)(C)C. The number of hydrogen-bond acceptors (Lipinski definition) is 5. The molecule has 0 aliphatic heterocycles. The molecule has 0 spiro atoms. The van der Waals surface area contributed by atoms with Gasteiger partial charge in [0, 0.05) is 18.0 Å². The molecule has 1 amide bonds. The summed E-state index contributed by atoms with van der Waals surface area (Å²) in [5.41, 5.74) is 7.39. The van der Waals surface area contributed by atoms with Crippen LogP contribution in [0.15, 0.2) is 5.11 Å². The molecule has 2 N–H and O–H groups in total. The van der Waals surface area contributed by atoms with E-state index in [1.54, 1.807) is 6.92 Å². The van der Waals surface area contributed by atoms with Crippen molar-refractivity contribution in [2.75, 3.05) is 54.0 Å². The molecule has 0 saturated heterocycles. The lowest BCUT2D eigenvalue weighted by Gasteiger charge is -2.28. The lowest BCUT2D eigenvalue weighted by atomic mass is 9.91. The van der Waals surface area contributed by atoms with Crippen LogP contribution in [-0.4, -0.2) is 69.3 Å². The summed E-state index contributed by atoms with van der Waals surface area (Å²) in [7, 11) is 1.47. The van der Waals surface area contributed by atoms with Gasteiger partial charge in [-0.05, 0) is 18.9 Å². The van der Waals surface area contributed by atoms with E-state index in [9.17, 15) is 14.3 Å². The van der Waals surface area contributed by atoms with E-state index in [4.69, 9.17) is 14.6 Å². The van der Waals surface area contributed by atoms with Crippen LogP contribution in [0, 0.1) is 5.41 Å². The molecule has 2 unspecified atom stereocenters. The lowest BCUT2D eigenvalue weighted by Crippen LogP contribution is -2.44. The first-order chi connectivity index (χ1) is 15.5. The molecule has 0 bridgehead atoms. The predicted octanol–water partition coefficient (Wildman–Crippen LogP) is 5.18. The molecule has 0 radical (unpaired) electrons. The zero-order valence-electron chi connectivity index (χ0n) is 21.4. The predicted molar refractivity (Wildman–Crippen MR) is 132 cm³/mol. The van der Waals surface area contributed by atoms with Crippen LogP contribution in [0.3, 0.4) is 0 Å². The minimum Gasteiger partial charge on any atom is -0.356 e. The summed E-state index contributed by atoms with van der Waals surface area (Å²) < 4.78 is 22.8. The molecule has 0 aromatic carbocycles. The fourth-order valence-corrected chi connectivity index (χ4v) is 3.92. The molecule has 0 aliphatic rings. The van der Waals surface area contributed by atoms with Gasteiger partial charge in [0.05, 0.1) is 33.2 Å². The number of carbonyl (C=O) groups excluding carboxylic acids is 1. The summed E-state index contributed by atoms with van der Waals surface area (Å²) in [5.74, 6) is -0.378. The molecule has 2 atom stereocenters. The van der Waals surface area contributed by atoms with Crippen molar-refractivity contribution in [3.63, 3.8) is 0 Å². The molecule has 11 heteroatoms. The average Bonchev–Trinajstić information content (AvgIpc) is 2.73. The smallest absolute Gasteiger partial charge is 0.356 e. The minimum atomic E-state index is -4.33. The van der Waals surface area contributed by atoms with Gasteiger partial charge in [-0.1, -0.05) is 69.8 Å². The Balaban J connectivity index is 4.35. The molecule has 10 nitrogen and oxygen atoms in total. The van der Waals surface area contributed by atoms with E-state index in [1.165, 1.54) is 44.9 Å². The second-order valence-corrected chi connectivity index (χ2v) is 11.4. The summed E-state index contributed by atoms with van der Waals surface area (Å²) in [4.78, 5) is 25.3. The van der Waals surface area contributed by atoms with Gasteiger partial charge >= 0.3 is 7.82 Å². The second-order valence-electron chi connectivity index (χ2n) is 9.98. The number of azide groups is 1. The minimum absolute atomic E-state index is 0.0370. The number of phosphoric ester groups is 1. The first-order valence-electron chi connectivity index (χ1n) is 12.2. The molecular weight excluding hydrogens is 445 g/mol. The first-order valence-corrected chi connectivity index (χ1v) is 13.7. The standard InChI is InChI=1S/C22H46N5O5P/c1-6-7-8-9-10-11-12-13-14-15-16-24-21(28)22(2,19-25-26-23)20-32-33(29,30)31-18-17-27(3,4)5/h6-20H2,1-5H3,(H-,24,28,29,30)/p+1. The summed E-state index contributed by atoms with van der Waals surface area (Å²) >= 11 is 0. The highest BCUT2D eigenvalue weighted by atomic mass is 31.2. The van der Waals surface area contributed by atoms with Crippen molar-refractivity contribution in [2.24, 2.45) is 10.5 Å². The zero-order chi connectivity index (χ0) is 25.2. The van der Waals surface area contributed by atoms with Gasteiger partial charge in [-0.15, -0.1) is 0 Å². The van der Waals surface area contributed by atoms with E-state index in [1.807, 2.05) is 21.1 Å². The van der Waals surface area contributed by atoms with Crippen LogP contribution >= 0.6 is 7.82 Å². The quantitative estimate of drug-likeness (QED) is 0.0569. The summed E-state index contributed by atoms with van der Waals surface area (Å²) in [5, 5.41) is 6.33. The van der Waals surface area contributed by atoms with E-state index in [2.05, 4.69) is 22.3 Å². The molecule has 0 aromatic heterocycles. The third kappa shape index (κ3) is 17.9. The molecule has 0 saturated carbocycles. The molecule has 0 rings (SSSR count). The Bertz CT molecular complexity index is 637. The van der Waals surface area contributed by atoms with Crippen LogP contribution < -0.4 is 5.32 Å². The number of quaternary nitrogens is 1. The summed E-state index contributed by atoms with van der Waals surface area (Å²) in [6.45, 7) is 4.23. The molecule has 0 heterocycles. The van der Waals surface area contributed by atoms with Crippen molar-refractivity contribution < 1.29 is 27.8 Å². The van der Waals surface area contributed by atoms with Crippen molar-refractivity contribution in [1.82, 2.24) is 5.32 Å². The highest BCUT2D eigenvalue weighted by Gasteiger charge is 2.36. The number of carbonyl (C=O) groups is 1. The first kappa shape index (κ1) is 31.9. The van der Waals surface area contributed by atoms with Crippen molar-refractivity contribution in [1.29, 1.82) is 0 Å². The number of unbranched alkanes of at least 4 members (excludes halogenated alkanes) is 9. The molecule has 0 aliphatic carbocycles. The third-order valence-corrected chi connectivity index (χ3v) is 6.37. The number of nitrogens with zero attached hydrogens (tertiary/aromatic N) is 4. The molecule has 33 heavy (non-hydrogen) atoms. The van der Waals surface area contributed by atoms with Crippen LogP contribution in [0.2, 0.25) is 0 Å². The Kier molecular flexibility index (Phi) is 16.7. The molecule has 0 aromatic rings. The number of hydrogen-bond donors (Lipinski definition) is 2. The zero-order valence-corrected chi connectivity index (χ0v) is 22.3. The monoisotopic (exact) mass is 492 g/mol. The highest BCUT2D eigenvalue weighted by molar-refractivity contribution is 7.47. The second kappa shape index (κ2) is 17.3. The van der Waals surface area contributed by atoms with Crippen LogP contribution in [0.25, 0.3) is 10.4 Å². The maximum absolute atomic E-state index is 12.7. The molecule has 0 fully saturated rings. The Morgan fingerprint density at radius 3 is 2.12 bits per heavy atom. The van der Waals surface area contributed by atoms with Gasteiger partial charge in [-0.2, -0.15) is 0 Å². The van der Waals surface area contributed by atoms with E-state index >= 15 is 0 Å². The summed E-state index contributed by atoms with van der Waals surface area (Å²) in [6, 6.07) is 0. The van der Waals surface area contributed by atoms with E-state index in [0.29, 0.717) is 17.6 Å². The number of nitrogens with one attached hydrogen (secondary N) is 1. The van der Waals surface area contributed by atoms with E-state index < -0.39 is 19.8 Å². The highest BCUT2D eigenvalue weighted by Crippen LogP contribution is 2.44. The van der Waals surface area contributed by atoms with E-state index in [-0.39, 0.29) is 19.1 Å². The topological polar surface area (TPSA) is 134 Å². The van der Waals surface area contributed by atoms with Crippen molar-refractivity contribution >= 4 is 13.7 Å². The Morgan fingerprint density at radius 2 is 1.61 bits per heavy atom. The maximum Gasteiger partial charge on any atom is 0.472 e. The molecular formula is C22H47N5O5P+. The number of amides is 1. The van der Waals surface area contributed by atoms with Gasteiger partial charge in [0.25, 0.3) is 0 Å². The lowest BCUT2D eigenvalue weighted by molar-refractivity contribution is -0.870. The van der Waals surface area contributed by atoms with Crippen molar-refractivity contribution in [3.05, 3.63) is 10.4 Å². The Hall–Kier alpha value is -1.15. The van der Waals surface area contributed by atoms with Gasteiger partial charge in [0.15, 0.2) is 0 Å². The fourth-order valence-electron chi connectivity index (χ4n) is 3.09. The van der Waals surface area contributed by atoms with Crippen LogP contribution in [0.4, 0.5) is 0 Å². The molecule has 194 valence electrons. The van der Waals surface area contributed by atoms with Crippen LogP contribution in [-0.2, 0) is 18.4 Å². The van der Waals surface area contributed by atoms with Crippen molar-refractivity contribution in [3.8, 4) is 0 Å². The Labute approximate surface area is 200 Å². The van der Waals surface area contributed by atoms with E-state index in [0.717, 1.165) is 19.3 Å². The fraction of sp³-hybridized carbons (Fsp3) is 0.955. The van der Waals surface area contributed by atoms with Crippen molar-refractivity contribution in [2.45, 2.75) is 78.1 Å². The summed E-state index contributed by atoms with van der Waals surface area (Å²) in [6.07, 6.45) is 12.0. The van der Waals surface area contributed by atoms with Gasteiger partial charge in [0.1, 0.15) is 13.2 Å². The third-order valence-electron chi connectivity index (χ3n) is 5.41. The number of rotatable bonds is 21. The number of likely N-dealkylation sites (N-methyl/N-ethyl adjacent to an activating group) is 1. The normalized spacial score (nSPS) is 15.3. The van der Waals surface area contributed by atoms with Crippen LogP contribution in [0.5, 0.6) is 0 Å². The van der Waals surface area contributed by atoms with Gasteiger partial charge in [-0.3, -0.25) is 13.8 Å². The number of phosphoric acid groups is 1. The largest absolute Gasteiger partial charge is 0.472 e. The maximum atomic E-state index is 12.7.